The molecule has 4 rings (SSSR count). The average molecular weight is 305 g/mol. The first kappa shape index (κ1) is 14.1. The van der Waals surface area contributed by atoms with Gasteiger partial charge in [-0.15, -0.1) is 0 Å². The van der Waals surface area contributed by atoms with Gasteiger partial charge in [-0.05, 0) is 23.8 Å². The van der Waals surface area contributed by atoms with Gasteiger partial charge in [-0.25, -0.2) is 9.97 Å². The van der Waals surface area contributed by atoms with E-state index in [1.165, 1.54) is 10.9 Å². The van der Waals surface area contributed by atoms with Crippen LogP contribution in [0.15, 0.2) is 55.0 Å². The summed E-state index contributed by atoms with van der Waals surface area (Å²) in [4.78, 5) is 17.9. The number of hydrogen-bond donors (Lipinski definition) is 0. The van der Waals surface area contributed by atoms with E-state index in [2.05, 4.69) is 49.0 Å². The molecular weight excluding hydrogens is 286 g/mol. The minimum atomic E-state index is 0.835. The van der Waals surface area contributed by atoms with E-state index in [0.29, 0.717) is 0 Å². The normalized spacial score (nSPS) is 15.9. The van der Waals surface area contributed by atoms with Crippen molar-refractivity contribution < 1.29 is 0 Å². The van der Waals surface area contributed by atoms with E-state index < -0.39 is 0 Å². The highest BCUT2D eigenvalue weighted by molar-refractivity contribution is 5.81. The van der Waals surface area contributed by atoms with Crippen LogP contribution in [0.4, 0.5) is 5.95 Å². The van der Waals surface area contributed by atoms with Crippen LogP contribution < -0.4 is 4.90 Å². The number of piperazine rings is 1. The summed E-state index contributed by atoms with van der Waals surface area (Å²) >= 11 is 0. The van der Waals surface area contributed by atoms with E-state index in [-0.39, 0.29) is 0 Å². The van der Waals surface area contributed by atoms with E-state index >= 15 is 0 Å². The highest BCUT2D eigenvalue weighted by Gasteiger charge is 2.19. The first-order chi connectivity index (χ1) is 11.4. The topological polar surface area (TPSA) is 45.2 Å². The number of aromatic nitrogens is 3. The number of nitrogens with zero attached hydrogens (tertiary/aromatic N) is 5. The molecule has 2 aromatic heterocycles. The molecule has 0 atom stereocenters. The minimum Gasteiger partial charge on any atom is -0.338 e. The molecule has 0 amide bonds. The molecule has 116 valence electrons. The number of para-hydroxylation sites is 1. The van der Waals surface area contributed by atoms with Gasteiger partial charge in [-0.2, -0.15) is 0 Å². The van der Waals surface area contributed by atoms with Gasteiger partial charge in [0.1, 0.15) is 0 Å². The third kappa shape index (κ3) is 3.00. The molecule has 1 fully saturated rings. The Labute approximate surface area is 135 Å². The highest BCUT2D eigenvalue weighted by atomic mass is 15.3. The van der Waals surface area contributed by atoms with Crippen LogP contribution in [-0.2, 0) is 6.54 Å². The summed E-state index contributed by atoms with van der Waals surface area (Å²) in [5, 5.41) is 1.25. The molecule has 1 aliphatic heterocycles. The lowest BCUT2D eigenvalue weighted by Gasteiger charge is -2.34. The third-order valence-corrected chi connectivity index (χ3v) is 4.34. The summed E-state index contributed by atoms with van der Waals surface area (Å²) in [5.41, 5.74) is 2.42. The van der Waals surface area contributed by atoms with Crippen LogP contribution in [0.1, 0.15) is 5.56 Å². The Bertz CT molecular complexity index is 776. The van der Waals surface area contributed by atoms with Crippen molar-refractivity contribution in [3.63, 3.8) is 0 Å². The fourth-order valence-corrected chi connectivity index (χ4v) is 3.09. The van der Waals surface area contributed by atoms with Crippen LogP contribution in [-0.4, -0.2) is 46.0 Å². The van der Waals surface area contributed by atoms with Crippen molar-refractivity contribution in [2.24, 2.45) is 0 Å². The van der Waals surface area contributed by atoms with Crippen LogP contribution in [0.3, 0.4) is 0 Å². The Morgan fingerprint density at radius 3 is 2.39 bits per heavy atom. The smallest absolute Gasteiger partial charge is 0.225 e. The van der Waals surface area contributed by atoms with Gasteiger partial charge in [-0.3, -0.25) is 9.88 Å². The molecule has 5 nitrogen and oxygen atoms in total. The van der Waals surface area contributed by atoms with Crippen molar-refractivity contribution in [3.8, 4) is 0 Å². The number of hydrogen-bond acceptors (Lipinski definition) is 5. The molecule has 3 heterocycles. The van der Waals surface area contributed by atoms with E-state index in [1.807, 2.05) is 18.3 Å². The zero-order valence-corrected chi connectivity index (χ0v) is 13.0. The number of fused-ring (bicyclic) bond motifs is 1. The average Bonchev–Trinajstić information content (AvgIpc) is 2.63. The molecule has 1 saturated heterocycles. The minimum absolute atomic E-state index is 0.835. The van der Waals surface area contributed by atoms with Gasteiger partial charge in [-0.1, -0.05) is 18.2 Å². The lowest BCUT2D eigenvalue weighted by molar-refractivity contribution is 0.249. The molecule has 0 N–H and O–H groups in total. The van der Waals surface area contributed by atoms with Gasteiger partial charge in [0.05, 0.1) is 5.52 Å². The zero-order chi connectivity index (χ0) is 15.5. The Hall–Kier alpha value is -2.53. The third-order valence-electron chi connectivity index (χ3n) is 4.34. The quantitative estimate of drug-likeness (QED) is 0.743. The van der Waals surface area contributed by atoms with Crippen molar-refractivity contribution in [3.05, 3.63) is 60.6 Å². The van der Waals surface area contributed by atoms with Gasteiger partial charge in [0.25, 0.3) is 0 Å². The van der Waals surface area contributed by atoms with Gasteiger partial charge in [0.2, 0.25) is 5.95 Å². The fourth-order valence-electron chi connectivity index (χ4n) is 3.09. The van der Waals surface area contributed by atoms with Crippen LogP contribution in [0, 0.1) is 0 Å². The molecule has 23 heavy (non-hydrogen) atoms. The second-order valence-electron chi connectivity index (χ2n) is 5.80. The molecule has 0 aliphatic carbocycles. The molecule has 1 aliphatic rings. The van der Waals surface area contributed by atoms with Crippen LogP contribution in [0.2, 0.25) is 0 Å². The maximum absolute atomic E-state index is 4.44. The molecule has 0 bridgehead atoms. The number of benzene rings is 1. The van der Waals surface area contributed by atoms with Crippen molar-refractivity contribution in [1.82, 2.24) is 19.9 Å². The number of pyridine rings is 1. The lowest BCUT2D eigenvalue weighted by atomic mass is 10.1. The van der Waals surface area contributed by atoms with Crippen molar-refractivity contribution in [1.29, 1.82) is 0 Å². The Kier molecular flexibility index (Phi) is 3.86. The lowest BCUT2D eigenvalue weighted by Crippen LogP contribution is -2.46. The summed E-state index contributed by atoms with van der Waals surface area (Å²) in [6, 6.07) is 12.3. The predicted octanol–water partition coefficient (Wildman–Crippen LogP) is 2.35. The number of anilines is 1. The molecule has 0 spiro atoms. The van der Waals surface area contributed by atoms with Crippen molar-refractivity contribution in [2.45, 2.75) is 6.54 Å². The van der Waals surface area contributed by atoms with Crippen LogP contribution in [0.25, 0.3) is 10.9 Å². The Morgan fingerprint density at radius 1 is 0.783 bits per heavy atom. The summed E-state index contributed by atoms with van der Waals surface area (Å²) in [6.07, 6.45) is 5.52. The maximum Gasteiger partial charge on any atom is 0.225 e. The van der Waals surface area contributed by atoms with E-state index in [1.54, 1.807) is 12.4 Å². The first-order valence-corrected chi connectivity index (χ1v) is 7.97. The highest BCUT2D eigenvalue weighted by Crippen LogP contribution is 2.19. The number of rotatable bonds is 3. The van der Waals surface area contributed by atoms with Crippen molar-refractivity contribution >= 4 is 16.9 Å². The first-order valence-electron chi connectivity index (χ1n) is 7.97. The van der Waals surface area contributed by atoms with E-state index in [0.717, 1.165) is 44.2 Å². The van der Waals surface area contributed by atoms with Crippen molar-refractivity contribution in [2.75, 3.05) is 31.1 Å². The van der Waals surface area contributed by atoms with Gasteiger partial charge < -0.3 is 4.90 Å². The predicted molar refractivity (Wildman–Crippen MR) is 91.3 cm³/mol. The summed E-state index contributed by atoms with van der Waals surface area (Å²) < 4.78 is 0. The molecule has 0 radical (unpaired) electrons. The summed E-state index contributed by atoms with van der Waals surface area (Å²) in [5.74, 6) is 0.835. The zero-order valence-electron chi connectivity index (χ0n) is 13.0. The van der Waals surface area contributed by atoms with Gasteiger partial charge in [0, 0.05) is 56.7 Å². The summed E-state index contributed by atoms with van der Waals surface area (Å²) in [7, 11) is 0. The molecule has 5 heteroatoms. The SMILES string of the molecule is c1cnc(N2CCN(Cc3ccnc4ccccc34)CC2)nc1. The monoisotopic (exact) mass is 305 g/mol. The van der Waals surface area contributed by atoms with Crippen LogP contribution >= 0.6 is 0 Å². The Morgan fingerprint density at radius 2 is 1.57 bits per heavy atom. The Balaban J connectivity index is 1.45. The second kappa shape index (κ2) is 6.30. The molecular formula is C18H19N5. The van der Waals surface area contributed by atoms with Gasteiger partial charge >= 0.3 is 0 Å². The van der Waals surface area contributed by atoms with Crippen LogP contribution in [0.5, 0.6) is 0 Å². The largest absolute Gasteiger partial charge is 0.338 e. The second-order valence-corrected chi connectivity index (χ2v) is 5.80. The maximum atomic E-state index is 4.44. The van der Waals surface area contributed by atoms with E-state index in [9.17, 15) is 0 Å². The summed E-state index contributed by atoms with van der Waals surface area (Å²) in [6.45, 7) is 4.94. The molecule has 3 aromatic rings. The molecule has 0 saturated carbocycles. The van der Waals surface area contributed by atoms with E-state index in [4.69, 9.17) is 0 Å². The molecule has 1 aromatic carbocycles. The standard InChI is InChI=1S/C18H19N5/c1-2-5-17-16(4-1)15(6-9-19-17)14-22-10-12-23(13-11-22)18-20-7-3-8-21-18/h1-9H,10-14H2. The molecule has 0 unspecified atom stereocenters. The fraction of sp³-hybridized carbons (Fsp3) is 0.278. The van der Waals surface area contributed by atoms with Gasteiger partial charge in [0.15, 0.2) is 0 Å².